The molecule has 0 spiro atoms. The second kappa shape index (κ2) is 7.01. The van der Waals surface area contributed by atoms with Crippen molar-refractivity contribution >= 4 is 11.4 Å². The molecule has 0 unspecified atom stereocenters. The Bertz CT molecular complexity index is 847. The van der Waals surface area contributed by atoms with Crippen LogP contribution in [-0.4, -0.2) is 18.8 Å². The SMILES string of the molecule is CCN(c1ccc(OC)cc1)c1cc(-c2c(C)noc2C)ccc1C. The Morgan fingerprint density at radius 1 is 1.04 bits per heavy atom. The van der Waals surface area contributed by atoms with E-state index in [9.17, 15) is 0 Å². The summed E-state index contributed by atoms with van der Waals surface area (Å²) >= 11 is 0. The van der Waals surface area contributed by atoms with Gasteiger partial charge < -0.3 is 14.2 Å². The fourth-order valence-corrected chi connectivity index (χ4v) is 3.20. The van der Waals surface area contributed by atoms with Crippen LogP contribution in [0.2, 0.25) is 0 Å². The molecule has 1 heterocycles. The molecule has 4 heteroatoms. The van der Waals surface area contributed by atoms with Crippen molar-refractivity contribution in [1.29, 1.82) is 0 Å². The van der Waals surface area contributed by atoms with Crippen LogP contribution in [0.4, 0.5) is 11.4 Å². The average molecular weight is 336 g/mol. The van der Waals surface area contributed by atoms with E-state index in [2.05, 4.69) is 54.2 Å². The van der Waals surface area contributed by atoms with Crippen LogP contribution in [0.25, 0.3) is 11.1 Å². The first-order valence-corrected chi connectivity index (χ1v) is 8.50. The van der Waals surface area contributed by atoms with E-state index in [0.29, 0.717) is 0 Å². The second-order valence-corrected chi connectivity index (χ2v) is 6.14. The maximum Gasteiger partial charge on any atom is 0.141 e. The van der Waals surface area contributed by atoms with Crippen molar-refractivity contribution in [3.63, 3.8) is 0 Å². The Morgan fingerprint density at radius 2 is 1.76 bits per heavy atom. The van der Waals surface area contributed by atoms with Gasteiger partial charge in [-0.25, -0.2) is 0 Å². The molecular formula is C21H24N2O2. The summed E-state index contributed by atoms with van der Waals surface area (Å²) in [4.78, 5) is 2.30. The summed E-state index contributed by atoms with van der Waals surface area (Å²) in [7, 11) is 1.68. The van der Waals surface area contributed by atoms with Crippen LogP contribution in [0.1, 0.15) is 23.9 Å². The average Bonchev–Trinajstić information content (AvgIpc) is 2.96. The number of anilines is 2. The van der Waals surface area contributed by atoms with E-state index >= 15 is 0 Å². The molecule has 3 rings (SSSR count). The number of nitrogens with zero attached hydrogens (tertiary/aromatic N) is 2. The highest BCUT2D eigenvalue weighted by Crippen LogP contribution is 2.35. The summed E-state index contributed by atoms with van der Waals surface area (Å²) in [5, 5.41) is 4.08. The third-order valence-corrected chi connectivity index (χ3v) is 4.52. The number of benzene rings is 2. The molecule has 0 aliphatic carbocycles. The van der Waals surface area contributed by atoms with Gasteiger partial charge in [0, 0.05) is 23.5 Å². The molecule has 0 amide bonds. The van der Waals surface area contributed by atoms with Crippen molar-refractivity contribution in [2.75, 3.05) is 18.6 Å². The first-order valence-electron chi connectivity index (χ1n) is 8.50. The molecule has 3 aromatic rings. The first kappa shape index (κ1) is 17.1. The van der Waals surface area contributed by atoms with E-state index in [4.69, 9.17) is 9.26 Å². The molecule has 0 radical (unpaired) electrons. The molecule has 0 aliphatic heterocycles. The lowest BCUT2D eigenvalue weighted by Gasteiger charge is -2.26. The Hall–Kier alpha value is -2.75. The zero-order valence-corrected chi connectivity index (χ0v) is 15.5. The predicted molar refractivity (Wildman–Crippen MR) is 102 cm³/mol. The van der Waals surface area contributed by atoms with Crippen LogP contribution in [0, 0.1) is 20.8 Å². The van der Waals surface area contributed by atoms with E-state index in [1.165, 1.54) is 11.3 Å². The normalized spacial score (nSPS) is 10.8. The summed E-state index contributed by atoms with van der Waals surface area (Å²) in [5.41, 5.74) is 6.68. The number of rotatable bonds is 5. The lowest BCUT2D eigenvalue weighted by Crippen LogP contribution is -2.17. The third-order valence-electron chi connectivity index (χ3n) is 4.52. The zero-order chi connectivity index (χ0) is 18.0. The smallest absolute Gasteiger partial charge is 0.141 e. The van der Waals surface area contributed by atoms with Crippen LogP contribution in [0.3, 0.4) is 0 Å². The van der Waals surface area contributed by atoms with Crippen LogP contribution >= 0.6 is 0 Å². The molecule has 0 atom stereocenters. The van der Waals surface area contributed by atoms with Gasteiger partial charge in [-0.2, -0.15) is 0 Å². The molecule has 0 saturated carbocycles. The Kier molecular flexibility index (Phi) is 4.79. The van der Waals surface area contributed by atoms with E-state index in [1.807, 2.05) is 26.0 Å². The van der Waals surface area contributed by atoms with Gasteiger partial charge in [0.15, 0.2) is 0 Å². The molecular weight excluding hydrogens is 312 g/mol. The van der Waals surface area contributed by atoms with Gasteiger partial charge in [-0.1, -0.05) is 17.3 Å². The van der Waals surface area contributed by atoms with Crippen molar-refractivity contribution < 1.29 is 9.26 Å². The summed E-state index contributed by atoms with van der Waals surface area (Å²) in [6.45, 7) is 9.10. The maximum absolute atomic E-state index is 5.34. The topological polar surface area (TPSA) is 38.5 Å². The van der Waals surface area contributed by atoms with Gasteiger partial charge in [-0.15, -0.1) is 0 Å². The van der Waals surface area contributed by atoms with E-state index in [0.717, 1.165) is 40.6 Å². The molecule has 1 aromatic heterocycles. The van der Waals surface area contributed by atoms with Crippen LogP contribution < -0.4 is 9.64 Å². The molecule has 0 bridgehead atoms. The Morgan fingerprint density at radius 3 is 2.32 bits per heavy atom. The predicted octanol–water partition coefficient (Wildman–Crippen LogP) is 5.43. The molecule has 0 N–H and O–H groups in total. The van der Waals surface area contributed by atoms with Gasteiger partial charge >= 0.3 is 0 Å². The summed E-state index contributed by atoms with van der Waals surface area (Å²) < 4.78 is 10.6. The number of ether oxygens (including phenoxy) is 1. The highest BCUT2D eigenvalue weighted by molar-refractivity contribution is 5.76. The van der Waals surface area contributed by atoms with Crippen molar-refractivity contribution in [1.82, 2.24) is 5.16 Å². The summed E-state index contributed by atoms with van der Waals surface area (Å²) in [6.07, 6.45) is 0. The quantitative estimate of drug-likeness (QED) is 0.622. The summed E-state index contributed by atoms with van der Waals surface area (Å²) in [6, 6.07) is 14.7. The summed E-state index contributed by atoms with van der Waals surface area (Å²) in [5.74, 6) is 1.71. The van der Waals surface area contributed by atoms with Crippen LogP contribution in [-0.2, 0) is 0 Å². The number of hydrogen-bond donors (Lipinski definition) is 0. The zero-order valence-electron chi connectivity index (χ0n) is 15.5. The minimum Gasteiger partial charge on any atom is -0.497 e. The maximum atomic E-state index is 5.34. The lowest BCUT2D eigenvalue weighted by atomic mass is 10.0. The number of methoxy groups -OCH3 is 1. The van der Waals surface area contributed by atoms with Gasteiger partial charge in [0.05, 0.1) is 12.8 Å². The number of hydrogen-bond acceptors (Lipinski definition) is 4. The van der Waals surface area contributed by atoms with Crippen molar-refractivity contribution in [2.24, 2.45) is 0 Å². The van der Waals surface area contributed by atoms with E-state index in [1.54, 1.807) is 7.11 Å². The monoisotopic (exact) mass is 336 g/mol. The van der Waals surface area contributed by atoms with E-state index in [-0.39, 0.29) is 0 Å². The number of aryl methyl sites for hydroxylation is 3. The van der Waals surface area contributed by atoms with Gasteiger partial charge in [0.2, 0.25) is 0 Å². The molecule has 130 valence electrons. The van der Waals surface area contributed by atoms with Crippen molar-refractivity contribution in [3.05, 3.63) is 59.5 Å². The van der Waals surface area contributed by atoms with Crippen molar-refractivity contribution in [3.8, 4) is 16.9 Å². The Labute approximate surface area is 149 Å². The molecule has 0 fully saturated rings. The van der Waals surface area contributed by atoms with Gasteiger partial charge in [0.25, 0.3) is 0 Å². The minimum absolute atomic E-state index is 0.847. The first-order chi connectivity index (χ1) is 12.0. The highest BCUT2D eigenvalue weighted by Gasteiger charge is 2.16. The fourth-order valence-electron chi connectivity index (χ4n) is 3.20. The standard InChI is InChI=1S/C21H24N2O2/c1-6-23(18-9-11-19(24-5)12-10-18)20-13-17(8-7-14(20)2)21-15(3)22-25-16(21)4/h7-13H,6H2,1-5H3. The molecule has 25 heavy (non-hydrogen) atoms. The molecule has 4 nitrogen and oxygen atoms in total. The van der Waals surface area contributed by atoms with Gasteiger partial charge in [0.1, 0.15) is 11.5 Å². The van der Waals surface area contributed by atoms with Crippen LogP contribution in [0.5, 0.6) is 5.75 Å². The van der Waals surface area contributed by atoms with Crippen LogP contribution in [0.15, 0.2) is 47.0 Å². The second-order valence-electron chi connectivity index (χ2n) is 6.14. The molecule has 2 aromatic carbocycles. The molecule has 0 saturated heterocycles. The largest absolute Gasteiger partial charge is 0.497 e. The van der Waals surface area contributed by atoms with Gasteiger partial charge in [-0.3, -0.25) is 0 Å². The highest BCUT2D eigenvalue weighted by atomic mass is 16.5. The lowest BCUT2D eigenvalue weighted by molar-refractivity contribution is 0.393. The van der Waals surface area contributed by atoms with E-state index < -0.39 is 0 Å². The minimum atomic E-state index is 0.847. The molecule has 0 aliphatic rings. The Balaban J connectivity index is 2.06. The van der Waals surface area contributed by atoms with Gasteiger partial charge in [-0.05, 0) is 69.2 Å². The van der Waals surface area contributed by atoms with Crippen molar-refractivity contribution in [2.45, 2.75) is 27.7 Å². The number of aromatic nitrogens is 1. The third kappa shape index (κ3) is 3.25. The fraction of sp³-hybridized carbons (Fsp3) is 0.286.